The van der Waals surface area contributed by atoms with E-state index in [9.17, 15) is 4.79 Å². The molecule has 6 heteroatoms. The molecule has 0 radical (unpaired) electrons. The van der Waals surface area contributed by atoms with E-state index in [4.69, 9.17) is 14.7 Å². The van der Waals surface area contributed by atoms with Crippen molar-refractivity contribution >= 4 is 5.91 Å². The summed E-state index contributed by atoms with van der Waals surface area (Å²) in [6, 6.07) is 17.0. The van der Waals surface area contributed by atoms with Crippen molar-refractivity contribution < 1.29 is 14.3 Å². The Morgan fingerprint density at radius 2 is 1.72 bits per heavy atom. The van der Waals surface area contributed by atoms with Crippen molar-refractivity contribution in [3.63, 3.8) is 0 Å². The van der Waals surface area contributed by atoms with E-state index in [-0.39, 0.29) is 18.6 Å². The lowest BCUT2D eigenvalue weighted by Crippen LogP contribution is -2.41. The first-order chi connectivity index (χ1) is 14.2. The van der Waals surface area contributed by atoms with Crippen molar-refractivity contribution in [2.24, 2.45) is 0 Å². The number of benzene rings is 2. The van der Waals surface area contributed by atoms with Crippen molar-refractivity contribution in [1.29, 1.82) is 5.26 Å². The topological polar surface area (TPSA) is 74.6 Å². The van der Waals surface area contributed by atoms with Gasteiger partial charge in [-0.05, 0) is 67.9 Å². The monoisotopic (exact) mass is 393 g/mol. The number of hydrogen-bond donors (Lipinski definition) is 1. The molecule has 0 saturated carbocycles. The highest BCUT2D eigenvalue weighted by molar-refractivity contribution is 5.77. The highest BCUT2D eigenvalue weighted by Gasteiger charge is 2.23. The third-order valence-corrected chi connectivity index (χ3v) is 5.18. The van der Waals surface area contributed by atoms with Gasteiger partial charge in [0.15, 0.2) is 6.61 Å². The van der Waals surface area contributed by atoms with Crippen LogP contribution in [0, 0.1) is 11.3 Å². The van der Waals surface area contributed by atoms with Crippen LogP contribution in [0.15, 0.2) is 48.5 Å². The Kier molecular flexibility index (Phi) is 7.48. The fourth-order valence-corrected chi connectivity index (χ4v) is 3.55. The normalized spacial score (nSPS) is 15.2. The van der Waals surface area contributed by atoms with E-state index in [1.807, 2.05) is 12.1 Å². The number of methoxy groups -OCH3 is 1. The van der Waals surface area contributed by atoms with Crippen LogP contribution in [0.4, 0.5) is 0 Å². The molecular formula is C23H27N3O3. The minimum Gasteiger partial charge on any atom is -0.497 e. The van der Waals surface area contributed by atoms with Crippen LogP contribution in [-0.2, 0) is 4.79 Å². The molecule has 1 aliphatic rings. The Morgan fingerprint density at radius 3 is 2.34 bits per heavy atom. The van der Waals surface area contributed by atoms with Crippen molar-refractivity contribution in [1.82, 2.24) is 10.2 Å². The quantitative estimate of drug-likeness (QED) is 0.745. The van der Waals surface area contributed by atoms with E-state index >= 15 is 0 Å². The Hall–Kier alpha value is -3.04. The van der Waals surface area contributed by atoms with E-state index in [0.29, 0.717) is 17.9 Å². The minimum atomic E-state index is -0.162. The first-order valence-electron chi connectivity index (χ1n) is 9.97. The molecule has 1 aliphatic heterocycles. The van der Waals surface area contributed by atoms with Crippen molar-refractivity contribution in [2.45, 2.75) is 25.3 Å². The van der Waals surface area contributed by atoms with E-state index in [1.165, 1.54) is 24.8 Å². The van der Waals surface area contributed by atoms with E-state index in [2.05, 4.69) is 28.4 Å². The molecule has 1 N–H and O–H groups in total. The molecule has 1 atom stereocenters. The Bertz CT molecular complexity index is 822. The summed E-state index contributed by atoms with van der Waals surface area (Å²) in [6.45, 7) is 2.55. The molecule has 0 bridgehead atoms. The zero-order valence-electron chi connectivity index (χ0n) is 16.8. The van der Waals surface area contributed by atoms with Gasteiger partial charge in [-0.1, -0.05) is 18.6 Å². The summed E-state index contributed by atoms with van der Waals surface area (Å²) >= 11 is 0. The maximum atomic E-state index is 12.3. The Labute approximate surface area is 172 Å². The third kappa shape index (κ3) is 5.97. The first kappa shape index (κ1) is 20.7. The number of ether oxygens (including phenoxy) is 2. The largest absolute Gasteiger partial charge is 0.497 e. The predicted molar refractivity (Wildman–Crippen MR) is 111 cm³/mol. The summed E-state index contributed by atoms with van der Waals surface area (Å²) in [5, 5.41) is 11.8. The zero-order valence-corrected chi connectivity index (χ0v) is 16.8. The number of rotatable bonds is 8. The van der Waals surface area contributed by atoms with Gasteiger partial charge in [0.05, 0.1) is 24.8 Å². The number of piperidine rings is 1. The molecule has 3 rings (SSSR count). The Balaban J connectivity index is 1.57. The van der Waals surface area contributed by atoms with Crippen molar-refractivity contribution in [2.75, 3.05) is 33.4 Å². The second kappa shape index (κ2) is 10.5. The van der Waals surface area contributed by atoms with Crippen LogP contribution < -0.4 is 14.8 Å². The van der Waals surface area contributed by atoms with Gasteiger partial charge >= 0.3 is 0 Å². The molecule has 0 spiro atoms. The van der Waals surface area contributed by atoms with Crippen molar-refractivity contribution in [3.05, 3.63) is 59.7 Å². The van der Waals surface area contributed by atoms with Gasteiger partial charge in [0.2, 0.25) is 0 Å². The van der Waals surface area contributed by atoms with Gasteiger partial charge in [-0.15, -0.1) is 0 Å². The zero-order chi connectivity index (χ0) is 20.5. The molecular weight excluding hydrogens is 366 g/mol. The highest BCUT2D eigenvalue weighted by atomic mass is 16.5. The number of nitrogens with one attached hydrogen (secondary N) is 1. The van der Waals surface area contributed by atoms with Gasteiger partial charge in [0.25, 0.3) is 5.91 Å². The lowest BCUT2D eigenvalue weighted by atomic mass is 10.0. The molecule has 152 valence electrons. The van der Waals surface area contributed by atoms with Crippen LogP contribution in [0.25, 0.3) is 0 Å². The molecule has 1 saturated heterocycles. The van der Waals surface area contributed by atoms with Crippen LogP contribution in [0.3, 0.4) is 0 Å². The van der Waals surface area contributed by atoms with Crippen LogP contribution in [0.5, 0.6) is 11.5 Å². The van der Waals surface area contributed by atoms with Crippen LogP contribution in [0.1, 0.15) is 36.4 Å². The number of carbonyl (C=O) groups is 1. The number of hydrogen-bond acceptors (Lipinski definition) is 5. The van der Waals surface area contributed by atoms with Crippen molar-refractivity contribution in [3.8, 4) is 17.6 Å². The highest BCUT2D eigenvalue weighted by Crippen LogP contribution is 2.25. The summed E-state index contributed by atoms with van der Waals surface area (Å²) in [4.78, 5) is 14.8. The average Bonchev–Trinajstić information content (AvgIpc) is 2.79. The molecule has 2 aromatic carbocycles. The number of nitriles is 1. The van der Waals surface area contributed by atoms with Gasteiger partial charge < -0.3 is 14.8 Å². The second-order valence-electron chi connectivity index (χ2n) is 7.11. The van der Waals surface area contributed by atoms with E-state index in [0.717, 1.165) is 18.8 Å². The minimum absolute atomic E-state index is 0.0543. The molecule has 1 fully saturated rings. The summed E-state index contributed by atoms with van der Waals surface area (Å²) in [7, 11) is 1.66. The number of amides is 1. The smallest absolute Gasteiger partial charge is 0.258 e. The molecule has 1 unspecified atom stereocenters. The van der Waals surface area contributed by atoms with Crippen LogP contribution >= 0.6 is 0 Å². The van der Waals surface area contributed by atoms with E-state index < -0.39 is 0 Å². The van der Waals surface area contributed by atoms with Crippen LogP contribution in [-0.4, -0.2) is 44.2 Å². The SMILES string of the molecule is COc1ccc(C(CNC(=O)COc2ccc(C#N)cc2)N2CCCCC2)cc1. The number of likely N-dealkylation sites (tertiary alicyclic amines) is 1. The third-order valence-electron chi connectivity index (χ3n) is 5.18. The summed E-state index contributed by atoms with van der Waals surface area (Å²) in [6.07, 6.45) is 3.63. The predicted octanol–water partition coefficient (Wildman–Crippen LogP) is 3.29. The lowest BCUT2D eigenvalue weighted by Gasteiger charge is -2.35. The molecule has 2 aromatic rings. The van der Waals surface area contributed by atoms with Gasteiger partial charge in [-0.2, -0.15) is 5.26 Å². The second-order valence-corrected chi connectivity index (χ2v) is 7.11. The number of nitrogens with zero attached hydrogens (tertiary/aromatic N) is 2. The van der Waals surface area contributed by atoms with Gasteiger partial charge in [-0.25, -0.2) is 0 Å². The van der Waals surface area contributed by atoms with Crippen LogP contribution in [0.2, 0.25) is 0 Å². The molecule has 0 aromatic heterocycles. The van der Waals surface area contributed by atoms with E-state index in [1.54, 1.807) is 31.4 Å². The molecule has 6 nitrogen and oxygen atoms in total. The van der Waals surface area contributed by atoms with Gasteiger partial charge in [-0.3, -0.25) is 9.69 Å². The lowest BCUT2D eigenvalue weighted by molar-refractivity contribution is -0.123. The molecule has 0 aliphatic carbocycles. The maximum absolute atomic E-state index is 12.3. The standard InChI is InChI=1S/C23H27N3O3/c1-28-20-11-7-19(8-12-20)22(26-13-3-2-4-14-26)16-25-23(27)17-29-21-9-5-18(15-24)6-10-21/h5-12,22H,2-4,13-14,16-17H2,1H3,(H,25,27). The summed E-state index contributed by atoms with van der Waals surface area (Å²) in [5.74, 6) is 1.23. The average molecular weight is 393 g/mol. The fourth-order valence-electron chi connectivity index (χ4n) is 3.55. The number of carbonyl (C=O) groups excluding carboxylic acids is 1. The molecule has 1 heterocycles. The fraction of sp³-hybridized carbons (Fsp3) is 0.391. The first-order valence-corrected chi connectivity index (χ1v) is 9.97. The summed E-state index contributed by atoms with van der Waals surface area (Å²) < 4.78 is 10.8. The summed E-state index contributed by atoms with van der Waals surface area (Å²) in [5.41, 5.74) is 1.73. The van der Waals surface area contributed by atoms with Gasteiger partial charge in [0.1, 0.15) is 11.5 Å². The maximum Gasteiger partial charge on any atom is 0.258 e. The molecule has 29 heavy (non-hydrogen) atoms. The Morgan fingerprint density at radius 1 is 1.07 bits per heavy atom. The molecule has 1 amide bonds. The van der Waals surface area contributed by atoms with Gasteiger partial charge in [0, 0.05) is 6.54 Å².